The maximum atomic E-state index is 12.4. The molecule has 6 heteroatoms. The second-order valence-electron chi connectivity index (χ2n) is 5.96. The Bertz CT molecular complexity index is 505. The molecule has 1 aliphatic rings. The van der Waals surface area contributed by atoms with Gasteiger partial charge < -0.3 is 10.6 Å². The number of halogens is 2. The van der Waals surface area contributed by atoms with Crippen molar-refractivity contribution in [2.75, 3.05) is 31.5 Å². The summed E-state index contributed by atoms with van der Waals surface area (Å²) in [6.07, 6.45) is 3.30. The molecule has 2 N–H and O–H groups in total. The molecule has 0 saturated carbocycles. The molecule has 0 bridgehead atoms. The Labute approximate surface area is 150 Å². The van der Waals surface area contributed by atoms with Crippen molar-refractivity contribution in [1.82, 2.24) is 10.2 Å². The van der Waals surface area contributed by atoms with E-state index in [-0.39, 0.29) is 18.3 Å². The van der Waals surface area contributed by atoms with Crippen molar-refractivity contribution < 1.29 is 4.79 Å². The Hall–Kier alpha value is -0.810. The van der Waals surface area contributed by atoms with Crippen molar-refractivity contribution in [2.45, 2.75) is 39.2 Å². The Kier molecular flexibility index (Phi) is 8.92. The largest absolute Gasteiger partial charge is 0.325 e. The zero-order chi connectivity index (χ0) is 15.9. The van der Waals surface area contributed by atoms with Crippen molar-refractivity contribution in [1.29, 1.82) is 0 Å². The van der Waals surface area contributed by atoms with Crippen molar-refractivity contribution in [2.24, 2.45) is 0 Å². The fraction of sp³-hybridized carbons (Fsp3) is 0.588. The van der Waals surface area contributed by atoms with Crippen LogP contribution in [0.4, 0.5) is 5.69 Å². The van der Waals surface area contributed by atoms with Gasteiger partial charge in [0.2, 0.25) is 5.91 Å². The third kappa shape index (κ3) is 6.30. The first-order valence-corrected chi connectivity index (χ1v) is 8.48. The Balaban J connectivity index is 0.00000264. The molecule has 0 unspecified atom stereocenters. The maximum absolute atomic E-state index is 12.4. The van der Waals surface area contributed by atoms with Gasteiger partial charge in [-0.15, -0.1) is 12.4 Å². The van der Waals surface area contributed by atoms with Crippen LogP contribution in [0.1, 0.15) is 31.7 Å². The molecule has 0 radical (unpaired) electrons. The smallest absolute Gasteiger partial charge is 0.238 e. The van der Waals surface area contributed by atoms with Crippen LogP contribution < -0.4 is 10.6 Å². The molecule has 0 spiro atoms. The van der Waals surface area contributed by atoms with E-state index >= 15 is 0 Å². The highest BCUT2D eigenvalue weighted by Crippen LogP contribution is 2.20. The highest BCUT2D eigenvalue weighted by molar-refractivity contribution is 6.30. The first-order chi connectivity index (χ1) is 10.6. The van der Waals surface area contributed by atoms with Crippen molar-refractivity contribution in [3.05, 3.63) is 28.8 Å². The topological polar surface area (TPSA) is 44.4 Å². The molecule has 2 rings (SSSR count). The van der Waals surface area contributed by atoms with Gasteiger partial charge in [-0.1, -0.05) is 18.5 Å². The van der Waals surface area contributed by atoms with Crippen molar-refractivity contribution in [3.8, 4) is 0 Å². The predicted molar refractivity (Wildman–Crippen MR) is 99.8 cm³/mol. The summed E-state index contributed by atoms with van der Waals surface area (Å²) in [5, 5.41) is 7.08. The van der Waals surface area contributed by atoms with Gasteiger partial charge in [-0.25, -0.2) is 0 Å². The van der Waals surface area contributed by atoms with Crippen molar-refractivity contribution in [3.63, 3.8) is 0 Å². The number of rotatable bonds is 6. The number of amides is 1. The molecule has 130 valence electrons. The van der Waals surface area contributed by atoms with Gasteiger partial charge >= 0.3 is 0 Å². The minimum atomic E-state index is 0. The van der Waals surface area contributed by atoms with Crippen LogP contribution >= 0.6 is 24.0 Å². The Morgan fingerprint density at radius 3 is 2.70 bits per heavy atom. The number of nitrogens with zero attached hydrogens (tertiary/aromatic N) is 1. The minimum absolute atomic E-state index is 0. The van der Waals surface area contributed by atoms with E-state index < -0.39 is 0 Å². The van der Waals surface area contributed by atoms with Crippen LogP contribution in [0, 0.1) is 6.92 Å². The maximum Gasteiger partial charge on any atom is 0.238 e. The molecule has 1 aromatic rings. The van der Waals surface area contributed by atoms with E-state index in [9.17, 15) is 4.79 Å². The molecule has 1 fully saturated rings. The second kappa shape index (κ2) is 10.1. The van der Waals surface area contributed by atoms with Gasteiger partial charge in [0.05, 0.1) is 6.54 Å². The SMILES string of the molecule is CCCN(CC(=O)Nc1ccc(Cl)cc1C)C1CCNCC1.Cl. The summed E-state index contributed by atoms with van der Waals surface area (Å²) in [7, 11) is 0. The number of hydrogen-bond acceptors (Lipinski definition) is 3. The number of carbonyl (C=O) groups excluding carboxylic acids is 1. The lowest BCUT2D eigenvalue weighted by molar-refractivity contribution is -0.118. The normalized spacial score (nSPS) is 15.3. The quantitative estimate of drug-likeness (QED) is 0.817. The fourth-order valence-corrected chi connectivity index (χ4v) is 3.22. The monoisotopic (exact) mass is 359 g/mol. The Morgan fingerprint density at radius 1 is 1.39 bits per heavy atom. The predicted octanol–water partition coefficient (Wildman–Crippen LogP) is 3.47. The highest BCUT2D eigenvalue weighted by atomic mass is 35.5. The van der Waals surface area contributed by atoms with E-state index in [0.717, 1.165) is 50.1 Å². The van der Waals surface area contributed by atoms with Gasteiger partial charge in [0.25, 0.3) is 0 Å². The summed E-state index contributed by atoms with van der Waals surface area (Å²) >= 11 is 5.95. The van der Waals surface area contributed by atoms with E-state index in [1.165, 1.54) is 0 Å². The van der Waals surface area contributed by atoms with E-state index in [2.05, 4.69) is 22.5 Å². The van der Waals surface area contributed by atoms with Gasteiger partial charge in [0.1, 0.15) is 0 Å². The molecule has 1 saturated heterocycles. The summed E-state index contributed by atoms with van der Waals surface area (Å²) < 4.78 is 0. The average molecular weight is 360 g/mol. The lowest BCUT2D eigenvalue weighted by Crippen LogP contribution is -2.46. The van der Waals surface area contributed by atoms with E-state index in [0.29, 0.717) is 17.6 Å². The van der Waals surface area contributed by atoms with Gasteiger partial charge in [0, 0.05) is 16.8 Å². The first-order valence-electron chi connectivity index (χ1n) is 8.11. The summed E-state index contributed by atoms with van der Waals surface area (Å²) in [6.45, 7) is 7.64. The third-order valence-electron chi connectivity index (χ3n) is 4.15. The van der Waals surface area contributed by atoms with Crippen molar-refractivity contribution >= 4 is 35.6 Å². The number of piperidine rings is 1. The molecule has 23 heavy (non-hydrogen) atoms. The van der Waals surface area contributed by atoms with Gasteiger partial charge in [0.15, 0.2) is 0 Å². The molecular formula is C17H27Cl2N3O. The molecule has 0 aromatic heterocycles. The molecule has 4 nitrogen and oxygen atoms in total. The summed E-state index contributed by atoms with van der Waals surface area (Å²) in [4.78, 5) is 14.7. The van der Waals surface area contributed by atoms with Gasteiger partial charge in [-0.2, -0.15) is 0 Å². The molecule has 0 aliphatic carbocycles. The summed E-state index contributed by atoms with van der Waals surface area (Å²) in [6, 6.07) is 6.05. The Morgan fingerprint density at radius 2 is 2.09 bits per heavy atom. The number of aryl methyl sites for hydroxylation is 1. The zero-order valence-electron chi connectivity index (χ0n) is 13.9. The second-order valence-corrected chi connectivity index (χ2v) is 6.40. The average Bonchev–Trinajstić information content (AvgIpc) is 2.50. The van der Waals surface area contributed by atoms with E-state index in [1.54, 1.807) is 6.07 Å². The van der Waals surface area contributed by atoms with Crippen LogP contribution in [-0.4, -0.2) is 43.0 Å². The van der Waals surface area contributed by atoms with Gasteiger partial charge in [-0.05, 0) is 69.6 Å². The zero-order valence-corrected chi connectivity index (χ0v) is 15.5. The van der Waals surface area contributed by atoms with Crippen LogP contribution in [0.3, 0.4) is 0 Å². The lowest BCUT2D eigenvalue weighted by atomic mass is 10.0. The van der Waals surface area contributed by atoms with E-state index in [1.807, 2.05) is 19.1 Å². The molecule has 1 heterocycles. The highest BCUT2D eigenvalue weighted by Gasteiger charge is 2.22. The molecule has 1 amide bonds. The molecule has 1 aliphatic heterocycles. The first kappa shape index (κ1) is 20.2. The molecule has 1 aromatic carbocycles. The van der Waals surface area contributed by atoms with Crippen LogP contribution in [-0.2, 0) is 4.79 Å². The number of anilines is 1. The summed E-state index contributed by atoms with van der Waals surface area (Å²) in [5.74, 6) is 0.0532. The number of nitrogens with one attached hydrogen (secondary N) is 2. The third-order valence-corrected chi connectivity index (χ3v) is 4.38. The number of carbonyl (C=O) groups is 1. The standard InChI is InChI=1S/C17H26ClN3O.ClH/c1-3-10-21(15-6-8-19-9-7-15)12-17(22)20-16-5-4-14(18)11-13(16)2;/h4-5,11,15,19H,3,6-10,12H2,1-2H3,(H,20,22);1H. The van der Waals surface area contributed by atoms with Crippen LogP contribution in [0.15, 0.2) is 18.2 Å². The lowest BCUT2D eigenvalue weighted by Gasteiger charge is -2.34. The van der Waals surface area contributed by atoms with Crippen LogP contribution in [0.5, 0.6) is 0 Å². The number of hydrogen-bond donors (Lipinski definition) is 2. The van der Waals surface area contributed by atoms with Crippen LogP contribution in [0.2, 0.25) is 5.02 Å². The minimum Gasteiger partial charge on any atom is -0.325 e. The number of benzene rings is 1. The molecular weight excluding hydrogens is 333 g/mol. The summed E-state index contributed by atoms with van der Waals surface area (Å²) in [5.41, 5.74) is 1.83. The van der Waals surface area contributed by atoms with Crippen LogP contribution in [0.25, 0.3) is 0 Å². The molecule has 0 atom stereocenters. The fourth-order valence-electron chi connectivity index (χ4n) is 2.99. The van der Waals surface area contributed by atoms with Gasteiger partial charge in [-0.3, -0.25) is 9.69 Å². The van der Waals surface area contributed by atoms with E-state index in [4.69, 9.17) is 11.6 Å².